The summed E-state index contributed by atoms with van der Waals surface area (Å²) in [6, 6.07) is 14.8. The number of amides is 1. The van der Waals surface area contributed by atoms with Crippen LogP contribution in [0.2, 0.25) is 0 Å². The van der Waals surface area contributed by atoms with E-state index in [9.17, 15) is 14.7 Å². The number of aliphatic carboxylic acids is 1. The number of benzene rings is 2. The Morgan fingerprint density at radius 3 is 2.60 bits per heavy atom. The molecule has 0 radical (unpaired) electrons. The number of carbonyl (C=O) groups excluding carboxylic acids is 1. The van der Waals surface area contributed by atoms with Crippen LogP contribution in [-0.2, 0) is 20.8 Å². The van der Waals surface area contributed by atoms with Gasteiger partial charge in [-0.2, -0.15) is 0 Å². The van der Waals surface area contributed by atoms with Crippen molar-refractivity contribution in [2.24, 2.45) is 5.16 Å². The molecule has 3 rings (SSSR count). The fourth-order valence-electron chi connectivity index (χ4n) is 3.33. The first-order valence-corrected chi connectivity index (χ1v) is 9.49. The smallest absolute Gasteiger partial charge is 0.308 e. The number of methoxy groups -OCH3 is 2. The average Bonchev–Trinajstić information content (AvgIpc) is 3.18. The first-order chi connectivity index (χ1) is 14.5. The topological polar surface area (TPSA) is 106 Å². The summed E-state index contributed by atoms with van der Waals surface area (Å²) in [5, 5.41) is 16.2. The van der Waals surface area contributed by atoms with Crippen molar-refractivity contribution in [1.82, 2.24) is 5.32 Å². The number of carboxylic acid groups (broad SMARTS) is 1. The molecule has 2 aromatic carbocycles. The molecule has 8 nitrogen and oxygen atoms in total. The maximum atomic E-state index is 12.9. The van der Waals surface area contributed by atoms with E-state index in [-0.39, 0.29) is 6.42 Å². The molecular weight excluding hydrogens is 388 g/mol. The number of carbonyl (C=O) groups is 2. The van der Waals surface area contributed by atoms with Crippen molar-refractivity contribution < 1.29 is 29.0 Å². The number of rotatable bonds is 9. The quantitative estimate of drug-likeness (QED) is 0.655. The van der Waals surface area contributed by atoms with Gasteiger partial charge >= 0.3 is 5.97 Å². The van der Waals surface area contributed by atoms with Crippen LogP contribution in [0.1, 0.15) is 24.0 Å². The number of hydrogen-bond acceptors (Lipinski definition) is 6. The third-order valence-corrected chi connectivity index (χ3v) is 4.90. The number of nitrogens with zero attached hydrogens (tertiary/aromatic N) is 1. The van der Waals surface area contributed by atoms with E-state index in [1.807, 2.05) is 30.3 Å². The Morgan fingerprint density at radius 2 is 1.93 bits per heavy atom. The summed E-state index contributed by atoms with van der Waals surface area (Å²) in [5.74, 6) is -0.559. The molecule has 1 amide bonds. The maximum absolute atomic E-state index is 12.9. The van der Waals surface area contributed by atoms with Crippen LogP contribution in [0.4, 0.5) is 0 Å². The first-order valence-electron chi connectivity index (χ1n) is 9.49. The lowest BCUT2D eigenvalue weighted by atomic mass is 9.89. The lowest BCUT2D eigenvalue weighted by Gasteiger charge is -2.23. The molecule has 158 valence electrons. The van der Waals surface area contributed by atoms with E-state index >= 15 is 0 Å². The van der Waals surface area contributed by atoms with Gasteiger partial charge in [0, 0.05) is 24.6 Å². The molecule has 1 aliphatic rings. The monoisotopic (exact) mass is 412 g/mol. The second-order valence-electron chi connectivity index (χ2n) is 6.93. The van der Waals surface area contributed by atoms with Crippen molar-refractivity contribution in [3.05, 3.63) is 59.7 Å². The van der Waals surface area contributed by atoms with Gasteiger partial charge in [0.05, 0.1) is 26.4 Å². The Balaban J connectivity index is 1.74. The molecule has 0 saturated carbocycles. The van der Waals surface area contributed by atoms with Crippen LogP contribution in [-0.4, -0.2) is 49.1 Å². The number of hydrogen-bond donors (Lipinski definition) is 2. The Bertz CT molecular complexity index is 944. The Hall–Kier alpha value is -3.55. The highest BCUT2D eigenvalue weighted by molar-refractivity contribution is 6.08. The van der Waals surface area contributed by atoms with E-state index in [0.717, 1.165) is 5.56 Å². The molecular formula is C22H24N2O6. The molecule has 1 heterocycles. The molecule has 2 N–H and O–H groups in total. The zero-order chi connectivity index (χ0) is 21.6. The van der Waals surface area contributed by atoms with Crippen LogP contribution >= 0.6 is 0 Å². The minimum atomic E-state index is -1.61. The number of oxime groups is 1. The summed E-state index contributed by atoms with van der Waals surface area (Å²) in [7, 11) is 3.05. The average molecular weight is 412 g/mol. The van der Waals surface area contributed by atoms with Gasteiger partial charge in [-0.25, -0.2) is 0 Å². The van der Waals surface area contributed by atoms with Gasteiger partial charge in [0.1, 0.15) is 11.5 Å². The van der Waals surface area contributed by atoms with Gasteiger partial charge in [0.2, 0.25) is 5.60 Å². The molecule has 1 aliphatic heterocycles. The summed E-state index contributed by atoms with van der Waals surface area (Å²) < 4.78 is 10.6. The summed E-state index contributed by atoms with van der Waals surface area (Å²) in [4.78, 5) is 29.8. The van der Waals surface area contributed by atoms with Crippen molar-refractivity contribution >= 4 is 17.6 Å². The zero-order valence-corrected chi connectivity index (χ0v) is 16.9. The summed E-state index contributed by atoms with van der Waals surface area (Å²) >= 11 is 0. The molecule has 1 unspecified atom stereocenters. The van der Waals surface area contributed by atoms with Crippen LogP contribution in [0.15, 0.2) is 53.7 Å². The third kappa shape index (κ3) is 4.71. The van der Waals surface area contributed by atoms with Crippen LogP contribution in [0.5, 0.6) is 11.5 Å². The van der Waals surface area contributed by atoms with Crippen LogP contribution in [0.3, 0.4) is 0 Å². The molecule has 2 aromatic rings. The molecule has 0 saturated heterocycles. The minimum absolute atomic E-state index is 0.0131. The first kappa shape index (κ1) is 21.2. The number of carboxylic acids is 1. The molecule has 30 heavy (non-hydrogen) atoms. The predicted octanol–water partition coefficient (Wildman–Crippen LogP) is 2.40. The standard InChI is InChI=1S/C22H24N2O6/c1-28-16-8-9-17(19(12-16)29-2)18-13-22(30-24-18,14-20(25)26)21(27)23-11-10-15-6-4-3-5-7-15/h3-9,12H,10-11,13-14H2,1-2H3,(H,23,27)(H,25,26). The molecule has 0 bridgehead atoms. The van der Waals surface area contributed by atoms with E-state index in [2.05, 4.69) is 10.5 Å². The van der Waals surface area contributed by atoms with E-state index in [4.69, 9.17) is 14.3 Å². The predicted molar refractivity (Wildman–Crippen MR) is 110 cm³/mol. The van der Waals surface area contributed by atoms with Crippen molar-refractivity contribution in [2.45, 2.75) is 24.9 Å². The molecule has 0 aliphatic carbocycles. The normalized spacial score (nSPS) is 17.6. The molecule has 0 fully saturated rings. The Morgan fingerprint density at radius 1 is 1.17 bits per heavy atom. The lowest BCUT2D eigenvalue weighted by Crippen LogP contribution is -2.49. The van der Waals surface area contributed by atoms with E-state index in [1.54, 1.807) is 25.3 Å². The maximum Gasteiger partial charge on any atom is 0.308 e. The summed E-state index contributed by atoms with van der Waals surface area (Å²) in [5.41, 5.74) is 0.511. The van der Waals surface area contributed by atoms with Crippen molar-refractivity contribution in [2.75, 3.05) is 20.8 Å². The highest BCUT2D eigenvalue weighted by atomic mass is 16.7. The minimum Gasteiger partial charge on any atom is -0.497 e. The summed E-state index contributed by atoms with van der Waals surface area (Å²) in [6.45, 7) is 0.356. The van der Waals surface area contributed by atoms with E-state index in [0.29, 0.717) is 35.7 Å². The van der Waals surface area contributed by atoms with Gasteiger partial charge < -0.3 is 24.7 Å². The molecule has 8 heteroatoms. The van der Waals surface area contributed by atoms with Crippen LogP contribution in [0.25, 0.3) is 0 Å². The highest BCUT2D eigenvalue weighted by Gasteiger charge is 2.49. The second-order valence-corrected chi connectivity index (χ2v) is 6.93. The largest absolute Gasteiger partial charge is 0.497 e. The van der Waals surface area contributed by atoms with Crippen LogP contribution in [0, 0.1) is 0 Å². The van der Waals surface area contributed by atoms with Crippen molar-refractivity contribution in [3.8, 4) is 11.5 Å². The Labute approximate surface area is 174 Å². The number of ether oxygens (including phenoxy) is 2. The van der Waals surface area contributed by atoms with Gasteiger partial charge in [-0.1, -0.05) is 35.5 Å². The van der Waals surface area contributed by atoms with Gasteiger partial charge in [-0.15, -0.1) is 0 Å². The second kappa shape index (κ2) is 9.30. The molecule has 1 atom stereocenters. The van der Waals surface area contributed by atoms with Crippen LogP contribution < -0.4 is 14.8 Å². The third-order valence-electron chi connectivity index (χ3n) is 4.90. The van der Waals surface area contributed by atoms with Gasteiger partial charge in [-0.3, -0.25) is 9.59 Å². The Kier molecular flexibility index (Phi) is 6.56. The van der Waals surface area contributed by atoms with E-state index in [1.165, 1.54) is 7.11 Å². The van der Waals surface area contributed by atoms with Crippen molar-refractivity contribution in [1.29, 1.82) is 0 Å². The fourth-order valence-corrected chi connectivity index (χ4v) is 3.33. The zero-order valence-electron chi connectivity index (χ0n) is 16.9. The van der Waals surface area contributed by atoms with Gasteiger partial charge in [0.25, 0.3) is 5.91 Å². The van der Waals surface area contributed by atoms with E-state index < -0.39 is 23.9 Å². The van der Waals surface area contributed by atoms with Gasteiger partial charge in [0.15, 0.2) is 0 Å². The highest BCUT2D eigenvalue weighted by Crippen LogP contribution is 2.34. The SMILES string of the molecule is COc1ccc(C2=NOC(CC(=O)O)(C(=O)NCCc3ccccc3)C2)c(OC)c1. The fraction of sp³-hybridized carbons (Fsp3) is 0.318. The molecule has 0 spiro atoms. The van der Waals surface area contributed by atoms with Gasteiger partial charge in [-0.05, 0) is 24.1 Å². The lowest BCUT2D eigenvalue weighted by molar-refractivity contribution is -0.156. The summed E-state index contributed by atoms with van der Waals surface area (Å²) in [6.07, 6.45) is 0.130. The number of nitrogens with one attached hydrogen (secondary N) is 1. The molecule has 0 aromatic heterocycles. The van der Waals surface area contributed by atoms with Crippen molar-refractivity contribution in [3.63, 3.8) is 0 Å².